The van der Waals surface area contributed by atoms with Crippen molar-refractivity contribution in [3.63, 3.8) is 0 Å². The third-order valence-electron chi connectivity index (χ3n) is 4.87. The number of pyridine rings is 1. The first-order chi connectivity index (χ1) is 14.5. The summed E-state index contributed by atoms with van der Waals surface area (Å²) in [6, 6.07) is 10.4. The minimum Gasteiger partial charge on any atom is -0.378 e. The van der Waals surface area contributed by atoms with E-state index in [0.717, 1.165) is 11.1 Å². The number of nitrogens with one attached hydrogen (secondary N) is 1. The van der Waals surface area contributed by atoms with Crippen LogP contribution in [0.25, 0.3) is 11.1 Å². The molecule has 1 N–H and O–H groups in total. The average molecular weight is 444 g/mol. The highest BCUT2D eigenvalue weighted by Gasteiger charge is 2.21. The van der Waals surface area contributed by atoms with E-state index in [1.807, 2.05) is 17.5 Å². The Bertz CT molecular complexity index is 1110. The van der Waals surface area contributed by atoms with Gasteiger partial charge in [0.25, 0.3) is 10.0 Å². The number of carbonyl (C=O) groups is 1. The Kier molecular flexibility index (Phi) is 6.12. The van der Waals surface area contributed by atoms with Gasteiger partial charge in [-0.25, -0.2) is 8.42 Å². The van der Waals surface area contributed by atoms with Gasteiger partial charge in [-0.1, -0.05) is 12.1 Å². The fraction of sp³-hybridized carbons (Fsp3) is 0.238. The van der Waals surface area contributed by atoms with Crippen LogP contribution in [0.1, 0.15) is 5.56 Å². The Balaban J connectivity index is 1.47. The number of thiophene rings is 1. The molecule has 0 unspecified atom stereocenters. The maximum absolute atomic E-state index is 12.9. The number of aromatic nitrogens is 1. The number of anilines is 1. The normalized spacial score (nSPS) is 14.5. The van der Waals surface area contributed by atoms with Crippen molar-refractivity contribution in [3.05, 3.63) is 65.1 Å². The Hall–Kier alpha value is -2.75. The van der Waals surface area contributed by atoms with Gasteiger partial charge in [-0.3, -0.25) is 14.5 Å². The molecule has 156 valence electrons. The molecule has 0 aliphatic carbocycles. The van der Waals surface area contributed by atoms with Gasteiger partial charge < -0.3 is 9.64 Å². The van der Waals surface area contributed by atoms with E-state index in [4.69, 9.17) is 4.74 Å². The number of sulfonamides is 1. The monoisotopic (exact) mass is 443 g/mol. The molecule has 0 atom stereocenters. The first-order valence-electron chi connectivity index (χ1n) is 9.47. The number of benzene rings is 1. The Morgan fingerprint density at radius 2 is 1.70 bits per heavy atom. The highest BCUT2D eigenvalue weighted by atomic mass is 32.2. The molecule has 1 aliphatic rings. The molecule has 1 saturated heterocycles. The SMILES string of the molecule is O=C(Cc1cscc1NS(=O)(=O)c1ccc(-c2ccncc2)cc1)N1CCOCC1. The predicted molar refractivity (Wildman–Crippen MR) is 116 cm³/mol. The van der Waals surface area contributed by atoms with Crippen LogP contribution in [0.5, 0.6) is 0 Å². The summed E-state index contributed by atoms with van der Waals surface area (Å²) in [4.78, 5) is 18.4. The molecule has 4 rings (SSSR count). The summed E-state index contributed by atoms with van der Waals surface area (Å²) in [7, 11) is -3.77. The number of hydrogen-bond acceptors (Lipinski definition) is 6. The lowest BCUT2D eigenvalue weighted by atomic mass is 10.1. The van der Waals surface area contributed by atoms with Crippen LogP contribution in [0, 0.1) is 0 Å². The van der Waals surface area contributed by atoms with E-state index in [9.17, 15) is 13.2 Å². The number of ether oxygens (including phenoxy) is 1. The minimum atomic E-state index is -3.77. The third kappa shape index (κ3) is 4.69. The van der Waals surface area contributed by atoms with Crippen molar-refractivity contribution in [2.45, 2.75) is 11.3 Å². The van der Waals surface area contributed by atoms with Crippen molar-refractivity contribution in [1.82, 2.24) is 9.88 Å². The molecule has 9 heteroatoms. The van der Waals surface area contributed by atoms with Crippen LogP contribution < -0.4 is 4.72 Å². The molecule has 2 aromatic heterocycles. The zero-order chi connectivity index (χ0) is 21.0. The zero-order valence-corrected chi connectivity index (χ0v) is 17.8. The van der Waals surface area contributed by atoms with E-state index in [1.165, 1.54) is 11.3 Å². The lowest BCUT2D eigenvalue weighted by Gasteiger charge is -2.26. The van der Waals surface area contributed by atoms with E-state index >= 15 is 0 Å². The van der Waals surface area contributed by atoms with Crippen LogP contribution in [0.15, 0.2) is 64.4 Å². The summed E-state index contributed by atoms with van der Waals surface area (Å²) in [6.45, 7) is 2.19. The fourth-order valence-corrected chi connectivity index (χ4v) is 5.17. The van der Waals surface area contributed by atoms with Crippen LogP contribution in [-0.2, 0) is 26.0 Å². The van der Waals surface area contributed by atoms with Crippen LogP contribution in [0.4, 0.5) is 5.69 Å². The highest BCUT2D eigenvalue weighted by molar-refractivity contribution is 7.92. The Morgan fingerprint density at radius 1 is 1.03 bits per heavy atom. The summed E-state index contributed by atoms with van der Waals surface area (Å²) in [5.41, 5.74) is 2.99. The van der Waals surface area contributed by atoms with E-state index in [0.29, 0.717) is 37.6 Å². The summed E-state index contributed by atoms with van der Waals surface area (Å²) >= 11 is 1.36. The highest BCUT2D eigenvalue weighted by Crippen LogP contribution is 2.26. The summed E-state index contributed by atoms with van der Waals surface area (Å²) < 4.78 is 33.6. The second kappa shape index (κ2) is 8.95. The second-order valence-electron chi connectivity index (χ2n) is 6.85. The lowest BCUT2D eigenvalue weighted by molar-refractivity contribution is -0.134. The summed E-state index contributed by atoms with van der Waals surface area (Å²) in [6.07, 6.45) is 3.54. The van der Waals surface area contributed by atoms with Gasteiger partial charge in [-0.2, -0.15) is 0 Å². The molecule has 1 aliphatic heterocycles. The number of hydrogen-bond donors (Lipinski definition) is 1. The third-order valence-corrected chi connectivity index (χ3v) is 7.04. The van der Waals surface area contributed by atoms with Gasteiger partial charge in [0.05, 0.1) is 30.2 Å². The van der Waals surface area contributed by atoms with Gasteiger partial charge in [0.1, 0.15) is 0 Å². The molecule has 1 fully saturated rings. The average Bonchev–Trinajstić information content (AvgIpc) is 3.21. The van der Waals surface area contributed by atoms with E-state index in [-0.39, 0.29) is 17.2 Å². The first-order valence-corrected chi connectivity index (χ1v) is 11.9. The maximum Gasteiger partial charge on any atom is 0.261 e. The molecular formula is C21H21N3O4S2. The number of amides is 1. The molecular weight excluding hydrogens is 422 g/mol. The van der Waals surface area contributed by atoms with Gasteiger partial charge in [-0.05, 0) is 46.3 Å². The molecule has 30 heavy (non-hydrogen) atoms. The van der Waals surface area contributed by atoms with Crippen molar-refractivity contribution in [2.75, 3.05) is 31.0 Å². The molecule has 0 bridgehead atoms. The first kappa shape index (κ1) is 20.5. The fourth-order valence-electron chi connectivity index (χ4n) is 3.21. The number of carbonyl (C=O) groups excluding carboxylic acids is 1. The van der Waals surface area contributed by atoms with Crippen molar-refractivity contribution in [2.24, 2.45) is 0 Å². The van der Waals surface area contributed by atoms with Crippen molar-refractivity contribution in [3.8, 4) is 11.1 Å². The quantitative estimate of drug-likeness (QED) is 0.633. The second-order valence-corrected chi connectivity index (χ2v) is 9.27. The standard InChI is InChI=1S/C21H21N3O4S2/c25-21(24-9-11-28-12-10-24)13-18-14-29-15-20(18)23-30(26,27)19-3-1-16(2-4-19)17-5-7-22-8-6-17/h1-8,14-15,23H,9-13H2. The smallest absolute Gasteiger partial charge is 0.261 e. The number of rotatable bonds is 6. The van der Waals surface area contributed by atoms with E-state index < -0.39 is 10.0 Å². The molecule has 7 nitrogen and oxygen atoms in total. The summed E-state index contributed by atoms with van der Waals surface area (Å²) in [5.74, 6) is -0.0288. The molecule has 0 spiro atoms. The van der Waals surface area contributed by atoms with Gasteiger partial charge >= 0.3 is 0 Å². The van der Waals surface area contributed by atoms with Gasteiger partial charge in [0, 0.05) is 30.9 Å². The van der Waals surface area contributed by atoms with Gasteiger partial charge in [-0.15, -0.1) is 11.3 Å². The molecule has 1 amide bonds. The molecule has 3 aromatic rings. The van der Waals surface area contributed by atoms with E-state index in [2.05, 4.69) is 9.71 Å². The van der Waals surface area contributed by atoms with Crippen LogP contribution >= 0.6 is 11.3 Å². The number of nitrogens with zero attached hydrogens (tertiary/aromatic N) is 2. The Morgan fingerprint density at radius 3 is 2.40 bits per heavy atom. The minimum absolute atomic E-state index is 0.0288. The van der Waals surface area contributed by atoms with Crippen molar-refractivity contribution < 1.29 is 17.9 Å². The van der Waals surface area contributed by atoms with Crippen LogP contribution in [0.2, 0.25) is 0 Å². The van der Waals surface area contributed by atoms with Crippen molar-refractivity contribution in [1.29, 1.82) is 0 Å². The topological polar surface area (TPSA) is 88.6 Å². The predicted octanol–water partition coefficient (Wildman–Crippen LogP) is 3.01. The van der Waals surface area contributed by atoms with E-state index in [1.54, 1.807) is 46.9 Å². The molecule has 0 saturated carbocycles. The molecule has 0 radical (unpaired) electrons. The lowest BCUT2D eigenvalue weighted by Crippen LogP contribution is -2.41. The zero-order valence-electron chi connectivity index (χ0n) is 16.2. The maximum atomic E-state index is 12.9. The van der Waals surface area contributed by atoms with Crippen molar-refractivity contribution >= 4 is 33.0 Å². The van der Waals surface area contributed by atoms with Gasteiger partial charge in [0.2, 0.25) is 5.91 Å². The summed E-state index contributed by atoms with van der Waals surface area (Å²) in [5, 5.41) is 3.52. The molecule has 3 heterocycles. The number of morpholine rings is 1. The Labute approximate surface area is 179 Å². The van der Waals surface area contributed by atoms with Crippen LogP contribution in [0.3, 0.4) is 0 Å². The largest absolute Gasteiger partial charge is 0.378 e. The molecule has 1 aromatic carbocycles. The van der Waals surface area contributed by atoms with Crippen LogP contribution in [-0.4, -0.2) is 50.5 Å². The van der Waals surface area contributed by atoms with Gasteiger partial charge in [0.15, 0.2) is 0 Å².